The van der Waals surface area contributed by atoms with E-state index in [0.29, 0.717) is 30.0 Å². The van der Waals surface area contributed by atoms with Crippen LogP contribution in [-0.4, -0.2) is 57.0 Å². The first-order chi connectivity index (χ1) is 13.6. The number of nitrogens with zero attached hydrogens (tertiary/aromatic N) is 3. The van der Waals surface area contributed by atoms with Gasteiger partial charge in [0.15, 0.2) is 5.16 Å². The average molecular weight is 403 g/mol. The van der Waals surface area contributed by atoms with Crippen LogP contribution in [0, 0.1) is 0 Å². The van der Waals surface area contributed by atoms with Crippen LogP contribution in [0.25, 0.3) is 11.0 Å². The lowest BCUT2D eigenvalue weighted by Crippen LogP contribution is -2.16. The molecule has 0 amide bonds. The fourth-order valence-electron chi connectivity index (χ4n) is 2.48. The maximum absolute atomic E-state index is 12.7. The molecular formula is C18H21N5O4S. The van der Waals surface area contributed by atoms with Crippen LogP contribution in [0.1, 0.15) is 23.1 Å². The number of hydrogen-bond donors (Lipinski definition) is 2. The Kier molecular flexibility index (Phi) is 6.66. The van der Waals surface area contributed by atoms with E-state index in [-0.39, 0.29) is 17.9 Å². The number of carbonyl (C=O) groups excluding carboxylic acids is 1. The van der Waals surface area contributed by atoms with Gasteiger partial charge in [-0.2, -0.15) is 0 Å². The van der Waals surface area contributed by atoms with E-state index in [1.165, 1.54) is 6.20 Å². The predicted molar refractivity (Wildman–Crippen MR) is 105 cm³/mol. The van der Waals surface area contributed by atoms with Crippen LogP contribution in [0.4, 0.5) is 5.82 Å². The summed E-state index contributed by atoms with van der Waals surface area (Å²) in [4.78, 5) is 28.0. The van der Waals surface area contributed by atoms with E-state index in [2.05, 4.69) is 25.3 Å². The fraction of sp³-hybridized carbons (Fsp3) is 0.333. The Hall–Kier alpha value is -2.85. The lowest BCUT2D eigenvalue weighted by Gasteiger charge is -2.11. The van der Waals surface area contributed by atoms with E-state index in [0.717, 1.165) is 11.0 Å². The van der Waals surface area contributed by atoms with E-state index in [1.54, 1.807) is 14.0 Å². The van der Waals surface area contributed by atoms with Gasteiger partial charge in [0.2, 0.25) is 0 Å². The van der Waals surface area contributed by atoms with Crippen molar-refractivity contribution in [1.82, 2.24) is 19.9 Å². The first kappa shape index (κ1) is 19.9. The molecule has 1 atom stereocenters. The quantitative estimate of drug-likeness (QED) is 0.411. The van der Waals surface area contributed by atoms with Crippen LogP contribution >= 0.6 is 0 Å². The molecule has 0 aliphatic heterocycles. The van der Waals surface area contributed by atoms with Gasteiger partial charge in [0.1, 0.15) is 17.2 Å². The van der Waals surface area contributed by atoms with Gasteiger partial charge >= 0.3 is 5.97 Å². The van der Waals surface area contributed by atoms with Gasteiger partial charge in [-0.1, -0.05) is 12.1 Å². The van der Waals surface area contributed by atoms with Crippen molar-refractivity contribution < 1.29 is 18.5 Å². The number of methoxy groups -OCH3 is 1. The summed E-state index contributed by atoms with van der Waals surface area (Å²) < 4.78 is 22.7. The molecule has 10 heteroatoms. The molecule has 148 valence electrons. The Labute approximate surface area is 164 Å². The summed E-state index contributed by atoms with van der Waals surface area (Å²) in [6, 6.07) is 7.45. The third-order valence-corrected chi connectivity index (χ3v) is 4.92. The van der Waals surface area contributed by atoms with E-state index in [1.807, 2.05) is 24.3 Å². The summed E-state index contributed by atoms with van der Waals surface area (Å²) in [7, 11) is 0.116. The van der Waals surface area contributed by atoms with Gasteiger partial charge in [-0.05, 0) is 19.1 Å². The topological polar surface area (TPSA) is 119 Å². The summed E-state index contributed by atoms with van der Waals surface area (Å²) in [6.45, 7) is 2.86. The lowest BCUT2D eigenvalue weighted by atomic mass is 10.3. The maximum Gasteiger partial charge on any atom is 0.343 e. The third-order valence-electron chi connectivity index (χ3n) is 3.78. The maximum atomic E-state index is 12.7. The van der Waals surface area contributed by atoms with Crippen LogP contribution in [0.15, 0.2) is 35.6 Å². The molecule has 28 heavy (non-hydrogen) atoms. The van der Waals surface area contributed by atoms with E-state index < -0.39 is 16.8 Å². The molecule has 0 spiro atoms. The smallest absolute Gasteiger partial charge is 0.343 e. The standard InChI is InChI=1S/C18H21N5O4S/c1-3-27-17(24)12-10-20-15(23-16(12)19-8-9-26-2)11-28(25)18-21-13-6-4-5-7-14(13)22-18/h4-7,10H,3,8-9,11H2,1-2H3,(H,21,22)(H,19,20,23). The number of aromatic amines is 1. The summed E-state index contributed by atoms with van der Waals surface area (Å²) in [6.07, 6.45) is 1.38. The summed E-state index contributed by atoms with van der Waals surface area (Å²) in [5.41, 5.74) is 1.77. The number of imidazole rings is 1. The molecule has 0 fully saturated rings. The van der Waals surface area contributed by atoms with Crippen molar-refractivity contribution in [2.45, 2.75) is 17.8 Å². The molecule has 2 aromatic heterocycles. The molecule has 0 aliphatic rings. The molecule has 0 bridgehead atoms. The largest absolute Gasteiger partial charge is 0.462 e. The van der Waals surface area contributed by atoms with Crippen LogP contribution in [0.5, 0.6) is 0 Å². The number of anilines is 1. The van der Waals surface area contributed by atoms with Crippen molar-refractivity contribution in [1.29, 1.82) is 0 Å². The minimum atomic E-state index is -1.46. The summed E-state index contributed by atoms with van der Waals surface area (Å²) in [5, 5.41) is 3.38. The van der Waals surface area contributed by atoms with Gasteiger partial charge in [-0.25, -0.2) is 19.7 Å². The predicted octanol–water partition coefficient (Wildman–Crippen LogP) is 1.90. The number of nitrogens with one attached hydrogen (secondary N) is 2. The Morgan fingerprint density at radius 2 is 2.11 bits per heavy atom. The number of ether oxygens (including phenoxy) is 2. The Bertz CT molecular complexity index is 958. The minimum absolute atomic E-state index is 0.0574. The van der Waals surface area contributed by atoms with Crippen molar-refractivity contribution in [2.75, 3.05) is 32.2 Å². The highest BCUT2D eigenvalue weighted by Crippen LogP contribution is 2.17. The second-order valence-electron chi connectivity index (χ2n) is 5.74. The van der Waals surface area contributed by atoms with E-state index in [9.17, 15) is 9.00 Å². The van der Waals surface area contributed by atoms with Crippen molar-refractivity contribution >= 4 is 33.6 Å². The van der Waals surface area contributed by atoms with Gasteiger partial charge in [-0.3, -0.25) is 4.21 Å². The van der Waals surface area contributed by atoms with Crippen molar-refractivity contribution in [3.05, 3.63) is 41.9 Å². The Morgan fingerprint density at radius 1 is 1.29 bits per heavy atom. The molecule has 3 rings (SSSR count). The normalized spacial score (nSPS) is 12.1. The molecule has 0 aliphatic carbocycles. The molecule has 3 aromatic rings. The molecule has 0 radical (unpaired) electrons. The first-order valence-electron chi connectivity index (χ1n) is 8.71. The van der Waals surface area contributed by atoms with Crippen LogP contribution in [0.2, 0.25) is 0 Å². The van der Waals surface area contributed by atoms with Crippen molar-refractivity contribution in [2.24, 2.45) is 0 Å². The van der Waals surface area contributed by atoms with Crippen LogP contribution < -0.4 is 5.32 Å². The number of esters is 1. The SMILES string of the molecule is CCOC(=O)c1cnc(CS(=O)c2nc3ccccc3[nH]2)nc1NCCOC. The number of carbonyl (C=O) groups is 1. The monoisotopic (exact) mass is 403 g/mol. The van der Waals surface area contributed by atoms with Crippen molar-refractivity contribution in [3.8, 4) is 0 Å². The number of H-pyrrole nitrogens is 1. The molecule has 0 saturated carbocycles. The second kappa shape index (κ2) is 9.38. The van der Waals surface area contributed by atoms with Crippen LogP contribution in [-0.2, 0) is 26.0 Å². The van der Waals surface area contributed by atoms with E-state index in [4.69, 9.17) is 9.47 Å². The number of fused-ring (bicyclic) bond motifs is 1. The number of hydrogen-bond acceptors (Lipinski definition) is 8. The molecule has 2 heterocycles. The number of benzene rings is 1. The first-order valence-corrected chi connectivity index (χ1v) is 10.0. The van der Waals surface area contributed by atoms with Gasteiger partial charge < -0.3 is 19.8 Å². The van der Waals surface area contributed by atoms with Crippen LogP contribution in [0.3, 0.4) is 0 Å². The molecular weight excluding hydrogens is 382 g/mol. The zero-order chi connectivity index (χ0) is 19.9. The Balaban J connectivity index is 1.81. The minimum Gasteiger partial charge on any atom is -0.462 e. The highest BCUT2D eigenvalue weighted by Gasteiger charge is 2.18. The lowest BCUT2D eigenvalue weighted by molar-refractivity contribution is 0.0526. The third kappa shape index (κ3) is 4.70. The zero-order valence-electron chi connectivity index (χ0n) is 15.6. The fourth-order valence-corrected chi connectivity index (χ4v) is 3.41. The number of para-hydroxylation sites is 2. The Morgan fingerprint density at radius 3 is 2.86 bits per heavy atom. The van der Waals surface area contributed by atoms with Gasteiger partial charge in [0.05, 0.1) is 40.8 Å². The van der Waals surface area contributed by atoms with Crippen molar-refractivity contribution in [3.63, 3.8) is 0 Å². The van der Waals surface area contributed by atoms with E-state index >= 15 is 0 Å². The zero-order valence-corrected chi connectivity index (χ0v) is 16.4. The number of aromatic nitrogens is 4. The molecule has 0 saturated heterocycles. The highest BCUT2D eigenvalue weighted by molar-refractivity contribution is 7.84. The second-order valence-corrected chi connectivity index (χ2v) is 7.10. The molecule has 1 aromatic carbocycles. The molecule has 9 nitrogen and oxygen atoms in total. The average Bonchev–Trinajstić information content (AvgIpc) is 3.13. The summed E-state index contributed by atoms with van der Waals surface area (Å²) >= 11 is 0. The number of rotatable bonds is 9. The molecule has 1 unspecified atom stereocenters. The van der Waals surface area contributed by atoms with Gasteiger partial charge in [-0.15, -0.1) is 0 Å². The summed E-state index contributed by atoms with van der Waals surface area (Å²) in [5.74, 6) is 0.184. The highest BCUT2D eigenvalue weighted by atomic mass is 32.2. The molecule has 2 N–H and O–H groups in total. The van der Waals surface area contributed by atoms with Gasteiger partial charge in [0.25, 0.3) is 0 Å². The van der Waals surface area contributed by atoms with Gasteiger partial charge in [0, 0.05) is 19.9 Å².